The predicted octanol–water partition coefficient (Wildman–Crippen LogP) is 1.57. The molecule has 1 aromatic rings. The molecule has 0 bridgehead atoms. The van der Waals surface area contributed by atoms with Crippen LogP contribution in [0.25, 0.3) is 0 Å². The summed E-state index contributed by atoms with van der Waals surface area (Å²) >= 11 is 5.84. The maximum absolute atomic E-state index is 11.9. The highest BCUT2D eigenvalue weighted by atomic mass is 35.5. The first-order chi connectivity index (χ1) is 9.54. The van der Waals surface area contributed by atoms with Crippen LogP contribution in [0.15, 0.2) is 24.3 Å². The van der Waals surface area contributed by atoms with Gasteiger partial charge in [-0.05, 0) is 18.2 Å². The number of nitrogens with one attached hydrogen (secondary N) is 1. The number of carboxylic acid groups (broad SMARTS) is 1. The molecular formula is C13H16ClN3O3. The molecule has 0 atom stereocenters. The third-order valence-electron chi connectivity index (χ3n) is 3.12. The molecule has 2 N–H and O–H groups in total. The Labute approximate surface area is 121 Å². The Bertz CT molecular complexity index is 501. The normalized spacial score (nSPS) is 15.9. The van der Waals surface area contributed by atoms with E-state index in [9.17, 15) is 9.59 Å². The second-order valence-corrected chi connectivity index (χ2v) is 5.04. The zero-order valence-corrected chi connectivity index (χ0v) is 11.6. The molecule has 1 aliphatic heterocycles. The van der Waals surface area contributed by atoms with Crippen molar-refractivity contribution in [2.45, 2.75) is 0 Å². The average Bonchev–Trinajstić information content (AvgIpc) is 2.39. The number of benzene rings is 1. The molecule has 1 aliphatic rings. The van der Waals surface area contributed by atoms with E-state index < -0.39 is 6.09 Å². The van der Waals surface area contributed by atoms with Gasteiger partial charge in [-0.1, -0.05) is 17.7 Å². The molecule has 1 aromatic carbocycles. The van der Waals surface area contributed by atoms with E-state index in [0.717, 1.165) is 0 Å². The molecule has 1 saturated heterocycles. The first-order valence-corrected chi connectivity index (χ1v) is 6.68. The molecule has 1 heterocycles. The Morgan fingerprint density at radius 3 is 2.55 bits per heavy atom. The van der Waals surface area contributed by atoms with Crippen molar-refractivity contribution in [2.75, 3.05) is 38.0 Å². The Morgan fingerprint density at radius 2 is 1.95 bits per heavy atom. The maximum Gasteiger partial charge on any atom is 0.407 e. The number of carbonyl (C=O) groups excluding carboxylic acids is 1. The average molecular weight is 298 g/mol. The minimum absolute atomic E-state index is 0.129. The van der Waals surface area contributed by atoms with Crippen LogP contribution in [-0.2, 0) is 4.79 Å². The fourth-order valence-electron chi connectivity index (χ4n) is 2.07. The van der Waals surface area contributed by atoms with Crippen molar-refractivity contribution in [1.29, 1.82) is 0 Å². The Hall–Kier alpha value is -1.79. The van der Waals surface area contributed by atoms with Gasteiger partial charge in [0.05, 0.1) is 6.54 Å². The largest absolute Gasteiger partial charge is 0.465 e. The van der Waals surface area contributed by atoms with Crippen molar-refractivity contribution < 1.29 is 14.7 Å². The third-order valence-corrected chi connectivity index (χ3v) is 3.35. The minimum atomic E-state index is -0.909. The third kappa shape index (κ3) is 4.11. The van der Waals surface area contributed by atoms with Gasteiger partial charge in [0.2, 0.25) is 5.91 Å². The molecule has 7 heteroatoms. The lowest BCUT2D eigenvalue weighted by molar-refractivity contribution is -0.117. The number of halogens is 1. The van der Waals surface area contributed by atoms with Gasteiger partial charge in [0.15, 0.2) is 0 Å². The molecule has 108 valence electrons. The summed E-state index contributed by atoms with van der Waals surface area (Å²) in [4.78, 5) is 25.9. The molecular weight excluding hydrogens is 282 g/mol. The van der Waals surface area contributed by atoms with E-state index in [-0.39, 0.29) is 12.5 Å². The van der Waals surface area contributed by atoms with Gasteiger partial charge < -0.3 is 15.3 Å². The number of hydrogen-bond donors (Lipinski definition) is 2. The summed E-state index contributed by atoms with van der Waals surface area (Å²) in [6.45, 7) is 2.24. The number of rotatable bonds is 3. The topological polar surface area (TPSA) is 72.9 Å². The number of amides is 2. The zero-order valence-electron chi connectivity index (χ0n) is 10.9. The van der Waals surface area contributed by atoms with Crippen LogP contribution < -0.4 is 5.32 Å². The summed E-state index contributed by atoms with van der Waals surface area (Å²) < 4.78 is 0. The fraction of sp³-hybridized carbons (Fsp3) is 0.385. The smallest absolute Gasteiger partial charge is 0.407 e. The minimum Gasteiger partial charge on any atom is -0.465 e. The Balaban J connectivity index is 1.80. The van der Waals surface area contributed by atoms with Crippen molar-refractivity contribution in [1.82, 2.24) is 9.80 Å². The molecule has 0 radical (unpaired) electrons. The van der Waals surface area contributed by atoms with Gasteiger partial charge in [0.1, 0.15) is 0 Å². The molecule has 0 aromatic heterocycles. The molecule has 6 nitrogen and oxygen atoms in total. The van der Waals surface area contributed by atoms with E-state index in [1.165, 1.54) is 4.90 Å². The van der Waals surface area contributed by atoms with Crippen LogP contribution in [0, 0.1) is 0 Å². The Kier molecular flexibility index (Phi) is 4.81. The molecule has 1 fully saturated rings. The van der Waals surface area contributed by atoms with Crippen molar-refractivity contribution in [3.8, 4) is 0 Å². The van der Waals surface area contributed by atoms with Crippen LogP contribution in [0.4, 0.5) is 10.5 Å². The predicted molar refractivity (Wildman–Crippen MR) is 76.1 cm³/mol. The van der Waals surface area contributed by atoms with Gasteiger partial charge in [-0.25, -0.2) is 4.79 Å². The fourth-order valence-corrected chi connectivity index (χ4v) is 2.26. The molecule has 0 saturated carbocycles. The summed E-state index contributed by atoms with van der Waals surface area (Å²) in [5.74, 6) is -0.129. The molecule has 2 amide bonds. The zero-order chi connectivity index (χ0) is 14.5. The summed E-state index contributed by atoms with van der Waals surface area (Å²) in [6.07, 6.45) is -0.909. The van der Waals surface area contributed by atoms with E-state index in [2.05, 4.69) is 5.32 Å². The number of hydrogen-bond acceptors (Lipinski definition) is 3. The van der Waals surface area contributed by atoms with Crippen LogP contribution in [0.1, 0.15) is 0 Å². The van der Waals surface area contributed by atoms with Crippen molar-refractivity contribution in [2.24, 2.45) is 0 Å². The molecule has 0 spiro atoms. The lowest BCUT2D eigenvalue weighted by atomic mass is 10.3. The van der Waals surface area contributed by atoms with Crippen LogP contribution in [0.2, 0.25) is 5.02 Å². The molecule has 2 rings (SSSR count). The van der Waals surface area contributed by atoms with Crippen molar-refractivity contribution >= 4 is 29.3 Å². The van der Waals surface area contributed by atoms with Gasteiger partial charge >= 0.3 is 6.09 Å². The van der Waals surface area contributed by atoms with E-state index in [1.807, 2.05) is 4.90 Å². The summed E-state index contributed by atoms with van der Waals surface area (Å²) in [7, 11) is 0. The Morgan fingerprint density at radius 1 is 1.25 bits per heavy atom. The number of nitrogens with zero attached hydrogens (tertiary/aromatic N) is 2. The molecule has 20 heavy (non-hydrogen) atoms. The summed E-state index contributed by atoms with van der Waals surface area (Å²) in [6, 6.07) is 6.96. The number of carbonyl (C=O) groups is 2. The highest BCUT2D eigenvalue weighted by molar-refractivity contribution is 6.30. The van der Waals surface area contributed by atoms with Crippen LogP contribution >= 0.6 is 11.6 Å². The lowest BCUT2D eigenvalue weighted by Gasteiger charge is -2.32. The van der Waals surface area contributed by atoms with Crippen molar-refractivity contribution in [3.05, 3.63) is 29.3 Å². The molecule has 0 aliphatic carbocycles. The van der Waals surface area contributed by atoms with E-state index in [1.54, 1.807) is 24.3 Å². The van der Waals surface area contributed by atoms with Gasteiger partial charge in [-0.3, -0.25) is 9.69 Å². The van der Waals surface area contributed by atoms with Crippen LogP contribution in [0.5, 0.6) is 0 Å². The van der Waals surface area contributed by atoms with Gasteiger partial charge in [0, 0.05) is 36.9 Å². The van der Waals surface area contributed by atoms with Crippen molar-refractivity contribution in [3.63, 3.8) is 0 Å². The quantitative estimate of drug-likeness (QED) is 0.888. The highest BCUT2D eigenvalue weighted by Gasteiger charge is 2.21. The molecule has 0 unspecified atom stereocenters. The SMILES string of the molecule is O=C(CN1CCN(C(=O)O)CC1)Nc1cccc(Cl)c1. The first-order valence-electron chi connectivity index (χ1n) is 6.30. The van der Waals surface area contributed by atoms with E-state index in [0.29, 0.717) is 36.9 Å². The summed E-state index contributed by atoms with van der Waals surface area (Å²) in [5.41, 5.74) is 0.659. The number of piperazine rings is 1. The van der Waals surface area contributed by atoms with Crippen LogP contribution in [0.3, 0.4) is 0 Å². The number of anilines is 1. The second kappa shape index (κ2) is 6.58. The van der Waals surface area contributed by atoms with Crippen LogP contribution in [-0.4, -0.2) is 59.6 Å². The standard InChI is InChI=1S/C13H16ClN3O3/c14-10-2-1-3-11(8-10)15-12(18)9-16-4-6-17(7-5-16)13(19)20/h1-3,8H,4-7,9H2,(H,15,18)(H,19,20). The van der Waals surface area contributed by atoms with Gasteiger partial charge in [-0.2, -0.15) is 0 Å². The summed E-state index contributed by atoms with van der Waals surface area (Å²) in [5, 5.41) is 12.2. The second-order valence-electron chi connectivity index (χ2n) is 4.60. The van der Waals surface area contributed by atoms with Gasteiger partial charge in [0.25, 0.3) is 0 Å². The van der Waals surface area contributed by atoms with E-state index >= 15 is 0 Å². The monoisotopic (exact) mass is 297 g/mol. The first kappa shape index (κ1) is 14.6. The lowest BCUT2D eigenvalue weighted by Crippen LogP contribution is -2.50. The van der Waals surface area contributed by atoms with Gasteiger partial charge in [-0.15, -0.1) is 0 Å². The van der Waals surface area contributed by atoms with E-state index in [4.69, 9.17) is 16.7 Å². The highest BCUT2D eigenvalue weighted by Crippen LogP contribution is 2.14. The maximum atomic E-state index is 11.9.